The van der Waals surface area contributed by atoms with Crippen LogP contribution in [0.15, 0.2) is 18.5 Å². The molecule has 0 fully saturated rings. The first-order valence-corrected chi connectivity index (χ1v) is 5.29. The van der Waals surface area contributed by atoms with Gasteiger partial charge >= 0.3 is 6.18 Å². The molecule has 2 aromatic rings. The SMILES string of the molecule is CNc1nsnc1-c1cnccc1C(F)(F)F. The quantitative estimate of drug-likeness (QED) is 0.901. The average Bonchev–Trinajstić information content (AvgIpc) is 2.75. The second-order valence-corrected chi connectivity index (χ2v) is 3.66. The largest absolute Gasteiger partial charge is 0.417 e. The highest BCUT2D eigenvalue weighted by molar-refractivity contribution is 6.99. The van der Waals surface area contributed by atoms with Crippen molar-refractivity contribution in [3.05, 3.63) is 24.0 Å². The molecule has 0 aliphatic heterocycles. The number of aromatic nitrogens is 3. The summed E-state index contributed by atoms with van der Waals surface area (Å²) in [5.74, 6) is 0.313. The summed E-state index contributed by atoms with van der Waals surface area (Å²) < 4.78 is 46.1. The molecule has 2 heterocycles. The average molecular weight is 260 g/mol. The van der Waals surface area contributed by atoms with Gasteiger partial charge in [0.25, 0.3) is 0 Å². The third-order valence-electron chi connectivity index (χ3n) is 2.11. The third kappa shape index (κ3) is 2.21. The Bertz CT molecular complexity index is 523. The van der Waals surface area contributed by atoms with E-state index in [0.717, 1.165) is 30.2 Å². The predicted octanol–water partition coefficient (Wildman–Crippen LogP) is 2.66. The topological polar surface area (TPSA) is 50.7 Å². The van der Waals surface area contributed by atoms with Crippen molar-refractivity contribution in [3.8, 4) is 11.3 Å². The van der Waals surface area contributed by atoms with Crippen molar-refractivity contribution < 1.29 is 13.2 Å². The van der Waals surface area contributed by atoms with Crippen LogP contribution in [-0.4, -0.2) is 20.8 Å². The lowest BCUT2D eigenvalue weighted by Crippen LogP contribution is -2.08. The van der Waals surface area contributed by atoms with Crippen molar-refractivity contribution in [1.82, 2.24) is 13.7 Å². The Hall–Kier alpha value is -1.70. The van der Waals surface area contributed by atoms with Gasteiger partial charge in [0.15, 0.2) is 5.82 Å². The summed E-state index contributed by atoms with van der Waals surface area (Å²) in [6.45, 7) is 0. The number of anilines is 1. The zero-order valence-corrected chi connectivity index (χ0v) is 9.43. The molecule has 0 atom stereocenters. The van der Waals surface area contributed by atoms with Crippen LogP contribution in [0.5, 0.6) is 0 Å². The Morgan fingerprint density at radius 1 is 1.29 bits per heavy atom. The van der Waals surface area contributed by atoms with E-state index in [-0.39, 0.29) is 11.3 Å². The lowest BCUT2D eigenvalue weighted by Gasteiger charge is -2.10. The fraction of sp³-hybridized carbons (Fsp3) is 0.222. The lowest BCUT2D eigenvalue weighted by atomic mass is 10.1. The first-order valence-electron chi connectivity index (χ1n) is 4.56. The standard InChI is InChI=1S/C9H7F3N4S/c1-13-8-7(15-17-16-8)5-4-14-3-2-6(5)9(10,11)12/h2-4H,1H3,(H,13,16). The lowest BCUT2D eigenvalue weighted by molar-refractivity contribution is -0.137. The fourth-order valence-electron chi connectivity index (χ4n) is 1.36. The molecule has 0 amide bonds. The van der Waals surface area contributed by atoms with E-state index in [1.807, 2.05) is 0 Å². The Balaban J connectivity index is 2.60. The van der Waals surface area contributed by atoms with Gasteiger partial charge in [-0.25, -0.2) is 0 Å². The molecule has 0 spiro atoms. The monoisotopic (exact) mass is 260 g/mol. The first kappa shape index (κ1) is 11.8. The maximum atomic E-state index is 12.8. The summed E-state index contributed by atoms with van der Waals surface area (Å²) in [5.41, 5.74) is -0.673. The molecular weight excluding hydrogens is 253 g/mol. The molecule has 0 saturated heterocycles. The maximum absolute atomic E-state index is 12.8. The van der Waals surface area contributed by atoms with E-state index < -0.39 is 11.7 Å². The van der Waals surface area contributed by atoms with Crippen molar-refractivity contribution in [2.24, 2.45) is 0 Å². The molecule has 1 N–H and O–H groups in total. The van der Waals surface area contributed by atoms with Crippen molar-refractivity contribution in [3.63, 3.8) is 0 Å². The first-order chi connectivity index (χ1) is 8.04. The molecule has 2 aromatic heterocycles. The van der Waals surface area contributed by atoms with E-state index in [1.165, 1.54) is 0 Å². The highest BCUT2D eigenvalue weighted by atomic mass is 32.1. The van der Waals surface area contributed by atoms with Gasteiger partial charge in [-0.3, -0.25) is 4.98 Å². The van der Waals surface area contributed by atoms with Gasteiger partial charge in [-0.1, -0.05) is 0 Å². The van der Waals surface area contributed by atoms with Crippen LogP contribution in [0.2, 0.25) is 0 Å². The molecule has 8 heteroatoms. The van der Waals surface area contributed by atoms with Crippen molar-refractivity contribution in [2.45, 2.75) is 6.18 Å². The van der Waals surface area contributed by atoms with Crippen LogP contribution in [0.1, 0.15) is 5.56 Å². The molecule has 0 aliphatic carbocycles. The van der Waals surface area contributed by atoms with Gasteiger partial charge in [0.2, 0.25) is 0 Å². The molecule has 0 unspecified atom stereocenters. The number of pyridine rings is 1. The Morgan fingerprint density at radius 3 is 2.71 bits per heavy atom. The molecule has 17 heavy (non-hydrogen) atoms. The third-order valence-corrected chi connectivity index (χ3v) is 2.64. The fourth-order valence-corrected chi connectivity index (χ4v) is 1.93. The molecule has 0 aromatic carbocycles. The van der Waals surface area contributed by atoms with E-state index in [2.05, 4.69) is 19.0 Å². The van der Waals surface area contributed by atoms with Crippen molar-refractivity contribution in [1.29, 1.82) is 0 Å². The van der Waals surface area contributed by atoms with Gasteiger partial charge in [-0.15, -0.1) is 0 Å². The number of rotatable bonds is 2. The van der Waals surface area contributed by atoms with Crippen LogP contribution in [0.3, 0.4) is 0 Å². The van der Waals surface area contributed by atoms with Gasteiger partial charge in [0.05, 0.1) is 17.3 Å². The molecular formula is C9H7F3N4S. The molecule has 0 radical (unpaired) electrons. The zero-order chi connectivity index (χ0) is 12.5. The van der Waals surface area contributed by atoms with E-state index >= 15 is 0 Å². The molecule has 2 rings (SSSR count). The van der Waals surface area contributed by atoms with Crippen LogP contribution in [0.4, 0.5) is 19.0 Å². The second kappa shape index (κ2) is 4.28. The molecule has 0 bridgehead atoms. The molecule has 90 valence electrons. The van der Waals surface area contributed by atoms with Crippen molar-refractivity contribution in [2.75, 3.05) is 12.4 Å². The summed E-state index contributed by atoms with van der Waals surface area (Å²) >= 11 is 0.847. The normalized spacial score (nSPS) is 11.5. The molecule has 0 saturated carbocycles. The summed E-state index contributed by atoms with van der Waals surface area (Å²) in [5, 5.41) is 2.69. The number of hydrogen-bond donors (Lipinski definition) is 1. The number of halogens is 3. The highest BCUT2D eigenvalue weighted by Crippen LogP contribution is 2.37. The van der Waals surface area contributed by atoms with Crippen LogP contribution < -0.4 is 5.32 Å². The minimum atomic E-state index is -4.44. The van der Waals surface area contributed by atoms with E-state index in [4.69, 9.17) is 0 Å². The smallest absolute Gasteiger partial charge is 0.370 e. The summed E-state index contributed by atoms with van der Waals surface area (Å²) in [7, 11) is 1.57. The van der Waals surface area contributed by atoms with E-state index in [9.17, 15) is 13.2 Å². The van der Waals surface area contributed by atoms with E-state index in [1.54, 1.807) is 7.05 Å². The highest BCUT2D eigenvalue weighted by Gasteiger charge is 2.34. The van der Waals surface area contributed by atoms with E-state index in [0.29, 0.717) is 5.82 Å². The van der Waals surface area contributed by atoms with Gasteiger partial charge in [-0.2, -0.15) is 21.9 Å². The van der Waals surface area contributed by atoms with Crippen LogP contribution in [0, 0.1) is 0 Å². The Morgan fingerprint density at radius 2 is 2.06 bits per heavy atom. The molecule has 4 nitrogen and oxygen atoms in total. The molecule has 0 aliphatic rings. The van der Waals surface area contributed by atoms with Crippen molar-refractivity contribution >= 4 is 17.5 Å². The van der Waals surface area contributed by atoms with Crippen LogP contribution in [-0.2, 0) is 6.18 Å². The number of alkyl halides is 3. The van der Waals surface area contributed by atoms with Gasteiger partial charge in [0.1, 0.15) is 5.69 Å². The Kier molecular flexibility index (Phi) is 2.97. The minimum absolute atomic E-state index is 0.0712. The predicted molar refractivity (Wildman–Crippen MR) is 57.7 cm³/mol. The maximum Gasteiger partial charge on any atom is 0.417 e. The number of nitrogens with one attached hydrogen (secondary N) is 1. The van der Waals surface area contributed by atoms with Crippen LogP contribution in [0.25, 0.3) is 11.3 Å². The number of nitrogens with zero attached hydrogens (tertiary/aromatic N) is 3. The summed E-state index contributed by atoms with van der Waals surface area (Å²) in [4.78, 5) is 3.70. The number of hydrogen-bond acceptors (Lipinski definition) is 5. The summed E-state index contributed by atoms with van der Waals surface area (Å²) in [6, 6.07) is 0.925. The summed E-state index contributed by atoms with van der Waals surface area (Å²) in [6.07, 6.45) is -2.20. The van der Waals surface area contributed by atoms with Gasteiger partial charge in [-0.05, 0) is 6.07 Å². The Labute approximate surface area is 98.8 Å². The van der Waals surface area contributed by atoms with Crippen LogP contribution >= 0.6 is 11.7 Å². The zero-order valence-electron chi connectivity index (χ0n) is 8.62. The van der Waals surface area contributed by atoms with Gasteiger partial charge < -0.3 is 5.32 Å². The van der Waals surface area contributed by atoms with Gasteiger partial charge in [0, 0.05) is 25.0 Å². The minimum Gasteiger partial charge on any atom is -0.370 e. The second-order valence-electron chi connectivity index (χ2n) is 3.13.